The third kappa shape index (κ3) is 4.31. The van der Waals surface area contributed by atoms with Gasteiger partial charge in [0.15, 0.2) is 11.9 Å². The molecule has 0 aromatic heterocycles. The SMILES string of the molecule is CN(C)C(=O)CN1Cc2ccc(N3CC[C@@H](Oc4ccc(C(=O)C5CC5(F)F)cc4)C3=O)cc2C1=O. The van der Waals surface area contributed by atoms with E-state index in [4.69, 9.17) is 4.74 Å². The molecule has 0 N–H and O–H groups in total. The lowest BCUT2D eigenvalue weighted by Crippen LogP contribution is -2.36. The molecule has 0 spiro atoms. The van der Waals surface area contributed by atoms with Crippen molar-refractivity contribution in [2.75, 3.05) is 32.1 Å². The van der Waals surface area contributed by atoms with Crippen LogP contribution < -0.4 is 9.64 Å². The molecule has 5 rings (SSSR count). The first-order chi connectivity index (χ1) is 17.0. The van der Waals surface area contributed by atoms with Gasteiger partial charge in [0.25, 0.3) is 17.7 Å². The lowest BCUT2D eigenvalue weighted by atomic mass is 10.1. The van der Waals surface area contributed by atoms with Crippen LogP contribution in [0.2, 0.25) is 0 Å². The number of nitrogens with zero attached hydrogens (tertiary/aromatic N) is 3. The van der Waals surface area contributed by atoms with Crippen LogP contribution >= 0.6 is 0 Å². The van der Waals surface area contributed by atoms with Gasteiger partial charge in [-0.05, 0) is 42.0 Å². The third-order valence-electron chi connectivity index (χ3n) is 6.82. The van der Waals surface area contributed by atoms with Gasteiger partial charge >= 0.3 is 0 Å². The molecule has 2 fully saturated rings. The van der Waals surface area contributed by atoms with Gasteiger partial charge in [0.05, 0.1) is 5.92 Å². The van der Waals surface area contributed by atoms with Crippen molar-refractivity contribution in [3.05, 3.63) is 59.2 Å². The quantitative estimate of drug-likeness (QED) is 0.549. The number of amides is 3. The Labute approximate surface area is 206 Å². The Morgan fingerprint density at radius 1 is 1.11 bits per heavy atom. The molecule has 2 aromatic carbocycles. The minimum absolute atomic E-state index is 0.0120. The summed E-state index contributed by atoms with van der Waals surface area (Å²) in [4.78, 5) is 54.5. The van der Waals surface area contributed by atoms with E-state index in [1.54, 1.807) is 37.2 Å². The Balaban J connectivity index is 1.23. The molecule has 2 aromatic rings. The standard InChI is InChI=1S/C26H25F2N3O5/c1-29(2)22(32)14-30-13-16-3-6-17(11-19(16)24(30)34)31-10-9-21(25(31)35)36-18-7-4-15(5-8-18)23(33)20-12-26(20,27)28/h3-8,11,20-21H,9-10,12-14H2,1-2H3/t20?,21-/m1/s1. The fourth-order valence-electron chi connectivity index (χ4n) is 4.53. The molecule has 2 heterocycles. The molecule has 1 saturated heterocycles. The summed E-state index contributed by atoms with van der Waals surface area (Å²) >= 11 is 0. The maximum atomic E-state index is 13.2. The van der Waals surface area contributed by atoms with Crippen molar-refractivity contribution in [1.82, 2.24) is 9.80 Å². The highest BCUT2D eigenvalue weighted by Crippen LogP contribution is 2.50. The van der Waals surface area contributed by atoms with Gasteiger partial charge in [-0.25, -0.2) is 8.78 Å². The summed E-state index contributed by atoms with van der Waals surface area (Å²) in [5, 5.41) is 0. The molecule has 1 unspecified atom stereocenters. The van der Waals surface area contributed by atoms with Crippen molar-refractivity contribution in [2.24, 2.45) is 5.92 Å². The van der Waals surface area contributed by atoms with Crippen LogP contribution in [0.5, 0.6) is 5.75 Å². The number of benzene rings is 2. The van der Waals surface area contributed by atoms with Gasteiger partial charge in [-0.15, -0.1) is 0 Å². The fraction of sp³-hybridized carbons (Fsp3) is 0.385. The summed E-state index contributed by atoms with van der Waals surface area (Å²) in [6, 6.07) is 11.1. The number of likely N-dealkylation sites (N-methyl/N-ethyl adjacent to an activating group) is 1. The number of ether oxygens (including phenoxy) is 1. The lowest BCUT2D eigenvalue weighted by Gasteiger charge is -2.18. The first-order valence-corrected chi connectivity index (χ1v) is 11.7. The van der Waals surface area contributed by atoms with Crippen LogP contribution in [0.1, 0.15) is 39.1 Å². The Morgan fingerprint density at radius 3 is 2.44 bits per heavy atom. The zero-order valence-corrected chi connectivity index (χ0v) is 19.9. The van der Waals surface area contributed by atoms with Crippen LogP contribution in [-0.2, 0) is 16.1 Å². The van der Waals surface area contributed by atoms with Crippen LogP contribution in [0.15, 0.2) is 42.5 Å². The van der Waals surface area contributed by atoms with E-state index in [2.05, 4.69) is 0 Å². The predicted octanol–water partition coefficient (Wildman–Crippen LogP) is 2.75. The largest absolute Gasteiger partial charge is 0.481 e. The van der Waals surface area contributed by atoms with Gasteiger partial charge in [0.2, 0.25) is 5.91 Å². The molecule has 2 aliphatic heterocycles. The smallest absolute Gasteiger partial charge is 0.268 e. The van der Waals surface area contributed by atoms with E-state index in [0.29, 0.717) is 36.5 Å². The molecular formula is C26H25F2N3O5. The molecule has 8 nitrogen and oxygen atoms in total. The molecule has 2 atom stereocenters. The van der Waals surface area contributed by atoms with Crippen molar-refractivity contribution in [3.63, 3.8) is 0 Å². The number of halogens is 2. The summed E-state index contributed by atoms with van der Waals surface area (Å²) in [6.07, 6.45) is -0.753. The summed E-state index contributed by atoms with van der Waals surface area (Å²) in [7, 11) is 3.27. The average molecular weight is 497 g/mol. The van der Waals surface area contributed by atoms with Crippen molar-refractivity contribution in [3.8, 4) is 5.75 Å². The average Bonchev–Trinajstić information content (AvgIpc) is 3.17. The molecule has 1 saturated carbocycles. The van der Waals surface area contributed by atoms with E-state index in [0.717, 1.165) is 5.56 Å². The topological polar surface area (TPSA) is 87.2 Å². The number of carbonyl (C=O) groups excluding carboxylic acids is 4. The first-order valence-electron chi connectivity index (χ1n) is 11.7. The van der Waals surface area contributed by atoms with Crippen LogP contribution in [0.25, 0.3) is 0 Å². The van der Waals surface area contributed by atoms with Crippen molar-refractivity contribution in [2.45, 2.75) is 31.4 Å². The zero-order valence-electron chi connectivity index (χ0n) is 19.9. The van der Waals surface area contributed by atoms with E-state index < -0.39 is 30.1 Å². The number of hydrogen-bond donors (Lipinski definition) is 0. The number of carbonyl (C=O) groups is 4. The molecule has 36 heavy (non-hydrogen) atoms. The number of anilines is 1. The van der Waals surface area contributed by atoms with E-state index in [-0.39, 0.29) is 29.8 Å². The molecule has 10 heteroatoms. The molecule has 3 aliphatic rings. The molecule has 0 radical (unpaired) electrons. The van der Waals surface area contributed by atoms with Gasteiger partial charge in [-0.2, -0.15) is 0 Å². The maximum Gasteiger partial charge on any atom is 0.268 e. The Kier molecular flexibility index (Phi) is 5.77. The summed E-state index contributed by atoms with van der Waals surface area (Å²) in [6.45, 7) is 0.721. The monoisotopic (exact) mass is 497 g/mol. The van der Waals surface area contributed by atoms with Gasteiger partial charge in [-0.1, -0.05) is 6.07 Å². The second-order valence-electron chi connectivity index (χ2n) is 9.58. The fourth-order valence-corrected chi connectivity index (χ4v) is 4.53. The van der Waals surface area contributed by atoms with E-state index in [9.17, 15) is 28.0 Å². The number of alkyl halides is 2. The number of Topliss-reactive ketones (excluding diaryl/α,β-unsaturated/α-hetero) is 1. The predicted molar refractivity (Wildman–Crippen MR) is 125 cm³/mol. The lowest BCUT2D eigenvalue weighted by molar-refractivity contribution is -0.129. The van der Waals surface area contributed by atoms with Crippen LogP contribution in [0, 0.1) is 5.92 Å². The summed E-state index contributed by atoms with van der Waals surface area (Å²) in [5.74, 6) is -5.10. The van der Waals surface area contributed by atoms with Crippen LogP contribution in [0.3, 0.4) is 0 Å². The highest BCUT2D eigenvalue weighted by molar-refractivity contribution is 6.04. The van der Waals surface area contributed by atoms with E-state index in [1.807, 2.05) is 0 Å². The molecular weight excluding hydrogens is 472 g/mol. The third-order valence-corrected chi connectivity index (χ3v) is 6.82. The molecule has 3 amide bonds. The van der Waals surface area contributed by atoms with Gasteiger partial charge in [-0.3, -0.25) is 19.2 Å². The zero-order chi connectivity index (χ0) is 25.8. The number of hydrogen-bond acceptors (Lipinski definition) is 5. The minimum atomic E-state index is -2.92. The summed E-state index contributed by atoms with van der Waals surface area (Å²) < 4.78 is 32.2. The first kappa shape index (κ1) is 23.9. The number of fused-ring (bicyclic) bond motifs is 1. The Hall–Kier alpha value is -3.82. The minimum Gasteiger partial charge on any atom is -0.481 e. The van der Waals surface area contributed by atoms with Crippen LogP contribution in [-0.4, -0.2) is 72.5 Å². The van der Waals surface area contributed by atoms with Crippen molar-refractivity contribution in [1.29, 1.82) is 0 Å². The van der Waals surface area contributed by atoms with Crippen molar-refractivity contribution < 1.29 is 32.7 Å². The van der Waals surface area contributed by atoms with Crippen molar-refractivity contribution >= 4 is 29.2 Å². The molecule has 188 valence electrons. The van der Waals surface area contributed by atoms with E-state index in [1.165, 1.54) is 34.1 Å². The van der Waals surface area contributed by atoms with Gasteiger partial charge in [0, 0.05) is 56.8 Å². The second kappa shape index (κ2) is 8.69. The van der Waals surface area contributed by atoms with Gasteiger partial charge in [0.1, 0.15) is 12.3 Å². The Morgan fingerprint density at radius 2 is 1.81 bits per heavy atom. The molecule has 1 aliphatic carbocycles. The Bertz CT molecular complexity index is 1260. The number of rotatable bonds is 7. The maximum absolute atomic E-state index is 13.2. The normalized spacial score (nSPS) is 22.0. The highest BCUT2D eigenvalue weighted by Gasteiger charge is 2.61. The second-order valence-corrected chi connectivity index (χ2v) is 9.58. The highest BCUT2D eigenvalue weighted by atomic mass is 19.3. The summed E-state index contributed by atoms with van der Waals surface area (Å²) in [5.41, 5.74) is 2.03. The van der Waals surface area contributed by atoms with Crippen LogP contribution in [0.4, 0.5) is 14.5 Å². The molecule has 0 bridgehead atoms. The number of ketones is 1. The van der Waals surface area contributed by atoms with E-state index >= 15 is 0 Å². The van der Waals surface area contributed by atoms with Gasteiger partial charge < -0.3 is 19.4 Å².